The molecule has 1 aliphatic rings. The highest BCUT2D eigenvalue weighted by Gasteiger charge is 2.42. The van der Waals surface area contributed by atoms with Crippen molar-refractivity contribution in [2.75, 3.05) is 0 Å². The van der Waals surface area contributed by atoms with Gasteiger partial charge < -0.3 is 5.32 Å². The van der Waals surface area contributed by atoms with E-state index in [1.165, 1.54) is 6.33 Å². The van der Waals surface area contributed by atoms with Crippen molar-refractivity contribution >= 4 is 0 Å². The molecule has 0 saturated carbocycles. The Morgan fingerprint density at radius 2 is 2.22 bits per heavy atom. The van der Waals surface area contributed by atoms with E-state index >= 15 is 0 Å². The number of hydrogen-bond acceptors (Lipinski definition) is 3. The largest absolute Gasteiger partial charge is 0.403 e. The summed E-state index contributed by atoms with van der Waals surface area (Å²) in [5.41, 5.74) is 0. The maximum absolute atomic E-state index is 12.6. The SMILES string of the molecule is CCn1ncnc1CC1CCCC(C(F)(F)F)N1. The highest BCUT2D eigenvalue weighted by atomic mass is 19.4. The molecule has 0 aromatic carbocycles. The fourth-order valence-electron chi connectivity index (χ4n) is 2.37. The average molecular weight is 262 g/mol. The van der Waals surface area contributed by atoms with Gasteiger partial charge in [-0.1, -0.05) is 0 Å². The Morgan fingerprint density at radius 1 is 1.44 bits per heavy atom. The van der Waals surface area contributed by atoms with Crippen LogP contribution in [0.4, 0.5) is 13.2 Å². The van der Waals surface area contributed by atoms with Crippen LogP contribution in [0.2, 0.25) is 0 Å². The highest BCUT2D eigenvalue weighted by molar-refractivity contribution is 4.94. The van der Waals surface area contributed by atoms with Gasteiger partial charge in [0.15, 0.2) is 0 Å². The van der Waals surface area contributed by atoms with Crippen LogP contribution >= 0.6 is 0 Å². The van der Waals surface area contributed by atoms with Gasteiger partial charge in [-0.25, -0.2) is 4.98 Å². The number of nitrogens with one attached hydrogen (secondary N) is 1. The first-order chi connectivity index (χ1) is 8.50. The number of halogens is 3. The van der Waals surface area contributed by atoms with Gasteiger partial charge in [0.1, 0.15) is 18.2 Å². The van der Waals surface area contributed by atoms with Crippen molar-refractivity contribution in [3.8, 4) is 0 Å². The van der Waals surface area contributed by atoms with Crippen LogP contribution in [0.1, 0.15) is 32.0 Å². The highest BCUT2D eigenvalue weighted by Crippen LogP contribution is 2.28. The second-order valence-electron chi connectivity index (χ2n) is 4.58. The second kappa shape index (κ2) is 5.26. The Hall–Kier alpha value is -1.11. The van der Waals surface area contributed by atoms with E-state index < -0.39 is 12.2 Å². The Labute approximate surface area is 104 Å². The molecule has 2 rings (SSSR count). The van der Waals surface area contributed by atoms with E-state index in [4.69, 9.17) is 0 Å². The van der Waals surface area contributed by atoms with Crippen LogP contribution in [0.25, 0.3) is 0 Å². The molecule has 1 N–H and O–H groups in total. The van der Waals surface area contributed by atoms with Crippen molar-refractivity contribution in [2.24, 2.45) is 0 Å². The molecule has 2 atom stereocenters. The van der Waals surface area contributed by atoms with Crippen molar-refractivity contribution in [3.63, 3.8) is 0 Å². The summed E-state index contributed by atoms with van der Waals surface area (Å²) in [7, 11) is 0. The predicted molar refractivity (Wildman–Crippen MR) is 60.0 cm³/mol. The van der Waals surface area contributed by atoms with Gasteiger partial charge in [0, 0.05) is 19.0 Å². The first-order valence-corrected chi connectivity index (χ1v) is 6.20. The smallest absolute Gasteiger partial charge is 0.303 e. The van der Waals surface area contributed by atoms with Gasteiger partial charge in [0.05, 0.1) is 0 Å². The monoisotopic (exact) mass is 262 g/mol. The summed E-state index contributed by atoms with van der Waals surface area (Å²) in [5, 5.41) is 6.70. The van der Waals surface area contributed by atoms with Crippen molar-refractivity contribution in [3.05, 3.63) is 12.2 Å². The molecule has 18 heavy (non-hydrogen) atoms. The van der Waals surface area contributed by atoms with E-state index in [1.54, 1.807) is 4.68 Å². The van der Waals surface area contributed by atoms with Crippen LogP contribution in [-0.2, 0) is 13.0 Å². The molecule has 2 heterocycles. The van der Waals surface area contributed by atoms with Gasteiger partial charge in [-0.2, -0.15) is 18.3 Å². The third-order valence-corrected chi connectivity index (χ3v) is 3.30. The fraction of sp³-hybridized carbons (Fsp3) is 0.818. The summed E-state index contributed by atoms with van der Waals surface area (Å²) >= 11 is 0. The zero-order valence-electron chi connectivity index (χ0n) is 10.2. The number of aryl methyl sites for hydroxylation is 1. The summed E-state index contributed by atoms with van der Waals surface area (Å²) in [6, 6.07) is -1.55. The molecule has 1 aliphatic heterocycles. The fourth-order valence-corrected chi connectivity index (χ4v) is 2.37. The van der Waals surface area contributed by atoms with Crippen molar-refractivity contribution in [1.29, 1.82) is 0 Å². The summed E-state index contributed by atoms with van der Waals surface area (Å²) in [4.78, 5) is 4.10. The van der Waals surface area contributed by atoms with E-state index in [2.05, 4.69) is 15.4 Å². The first kappa shape index (κ1) is 13.3. The molecule has 7 heteroatoms. The summed E-state index contributed by atoms with van der Waals surface area (Å²) < 4.78 is 39.7. The van der Waals surface area contributed by atoms with Crippen molar-refractivity contribution < 1.29 is 13.2 Å². The van der Waals surface area contributed by atoms with E-state index in [0.717, 1.165) is 12.2 Å². The van der Waals surface area contributed by atoms with Gasteiger partial charge in [-0.05, 0) is 26.2 Å². The Kier molecular flexibility index (Phi) is 3.89. The standard InChI is InChI=1S/C11H17F3N4/c1-2-18-10(15-7-16-18)6-8-4-3-5-9(17-8)11(12,13)14/h7-9,17H,2-6H2,1H3. The molecule has 1 saturated heterocycles. The molecule has 1 aromatic rings. The maximum atomic E-state index is 12.6. The number of rotatable bonds is 3. The van der Waals surface area contributed by atoms with E-state index in [0.29, 0.717) is 19.4 Å². The van der Waals surface area contributed by atoms with Crippen LogP contribution in [0.5, 0.6) is 0 Å². The lowest BCUT2D eigenvalue weighted by molar-refractivity contribution is -0.163. The normalized spacial score (nSPS) is 25.3. The number of piperidine rings is 1. The maximum Gasteiger partial charge on any atom is 0.403 e. The minimum Gasteiger partial charge on any atom is -0.303 e. The van der Waals surface area contributed by atoms with Gasteiger partial charge >= 0.3 is 6.18 Å². The minimum absolute atomic E-state index is 0.167. The molecular weight excluding hydrogens is 245 g/mol. The minimum atomic E-state index is -4.16. The Morgan fingerprint density at radius 3 is 2.89 bits per heavy atom. The Balaban J connectivity index is 1.98. The van der Waals surface area contributed by atoms with Crippen LogP contribution in [0.15, 0.2) is 6.33 Å². The van der Waals surface area contributed by atoms with Crippen molar-refractivity contribution in [1.82, 2.24) is 20.1 Å². The topological polar surface area (TPSA) is 42.7 Å². The molecule has 2 unspecified atom stereocenters. The van der Waals surface area contributed by atoms with E-state index in [1.807, 2.05) is 6.92 Å². The van der Waals surface area contributed by atoms with Crippen molar-refractivity contribution in [2.45, 2.75) is 57.4 Å². The molecule has 4 nitrogen and oxygen atoms in total. The molecule has 0 amide bonds. The molecule has 0 aliphatic carbocycles. The zero-order valence-corrected chi connectivity index (χ0v) is 10.2. The summed E-state index contributed by atoms with van der Waals surface area (Å²) in [6.45, 7) is 2.62. The van der Waals surface area contributed by atoms with Crippen LogP contribution < -0.4 is 5.32 Å². The molecular formula is C11H17F3N4. The summed E-state index contributed by atoms with van der Waals surface area (Å²) in [6.07, 6.45) is -0.688. The first-order valence-electron chi connectivity index (χ1n) is 6.20. The van der Waals surface area contributed by atoms with Gasteiger partial charge in [-0.3, -0.25) is 4.68 Å². The molecule has 0 radical (unpaired) electrons. The lowest BCUT2D eigenvalue weighted by Gasteiger charge is -2.32. The van der Waals surface area contributed by atoms with E-state index in [-0.39, 0.29) is 12.5 Å². The quantitative estimate of drug-likeness (QED) is 0.905. The van der Waals surface area contributed by atoms with Crippen LogP contribution in [0, 0.1) is 0 Å². The molecule has 0 spiro atoms. The predicted octanol–water partition coefficient (Wildman–Crippen LogP) is 1.91. The zero-order chi connectivity index (χ0) is 13.2. The third-order valence-electron chi connectivity index (χ3n) is 3.30. The lowest BCUT2D eigenvalue weighted by Crippen LogP contribution is -2.51. The van der Waals surface area contributed by atoms with Crippen LogP contribution in [0.3, 0.4) is 0 Å². The number of aromatic nitrogens is 3. The van der Waals surface area contributed by atoms with Gasteiger partial charge in [-0.15, -0.1) is 0 Å². The summed E-state index contributed by atoms with van der Waals surface area (Å²) in [5.74, 6) is 0.748. The van der Waals surface area contributed by atoms with Gasteiger partial charge in [0.25, 0.3) is 0 Å². The van der Waals surface area contributed by atoms with E-state index in [9.17, 15) is 13.2 Å². The van der Waals surface area contributed by atoms with Crippen LogP contribution in [-0.4, -0.2) is 33.0 Å². The number of nitrogens with zero attached hydrogens (tertiary/aromatic N) is 3. The Bertz CT molecular complexity index is 388. The molecule has 1 aromatic heterocycles. The molecule has 1 fully saturated rings. The molecule has 102 valence electrons. The second-order valence-corrected chi connectivity index (χ2v) is 4.58. The third kappa shape index (κ3) is 3.01. The van der Waals surface area contributed by atoms with Gasteiger partial charge in [0.2, 0.25) is 0 Å². The lowest BCUT2D eigenvalue weighted by atomic mass is 9.96. The molecule has 0 bridgehead atoms. The average Bonchev–Trinajstić information content (AvgIpc) is 2.75. The number of hydrogen-bond donors (Lipinski definition) is 1. The number of alkyl halides is 3.